The van der Waals surface area contributed by atoms with E-state index in [1.807, 2.05) is 6.92 Å². The van der Waals surface area contributed by atoms with Gasteiger partial charge in [-0.15, -0.1) is 0 Å². The van der Waals surface area contributed by atoms with Crippen molar-refractivity contribution in [2.75, 3.05) is 19.0 Å². The number of aromatic nitrogens is 2. The van der Waals surface area contributed by atoms with Crippen molar-refractivity contribution >= 4 is 17.4 Å². The summed E-state index contributed by atoms with van der Waals surface area (Å²) in [5, 5.41) is 3.66. The van der Waals surface area contributed by atoms with Gasteiger partial charge in [-0.3, -0.25) is 0 Å². The molecule has 0 aliphatic rings. The Balaban J connectivity index is 2.79. The lowest BCUT2D eigenvalue weighted by molar-refractivity contribution is 0.380. The Morgan fingerprint density at radius 3 is 2.81 bits per heavy atom. The molecule has 0 amide bonds. The molecule has 0 fully saturated rings. The van der Waals surface area contributed by atoms with Crippen molar-refractivity contribution in [3.63, 3.8) is 0 Å². The van der Waals surface area contributed by atoms with Gasteiger partial charge in [0, 0.05) is 6.04 Å². The lowest BCUT2D eigenvalue weighted by atomic mass is 10.0. The van der Waals surface area contributed by atoms with Gasteiger partial charge in [0.15, 0.2) is 5.82 Å². The van der Waals surface area contributed by atoms with E-state index in [9.17, 15) is 0 Å². The second-order valence-electron chi connectivity index (χ2n) is 3.70. The van der Waals surface area contributed by atoms with Gasteiger partial charge in [0.1, 0.15) is 5.02 Å². The smallest absolute Gasteiger partial charge is 0.318 e. The number of ether oxygens (including phenoxy) is 1. The van der Waals surface area contributed by atoms with Gasteiger partial charge >= 0.3 is 6.01 Å². The fraction of sp³-hybridized carbons (Fsp3) is 0.600. The van der Waals surface area contributed by atoms with Crippen molar-refractivity contribution < 1.29 is 4.74 Å². The zero-order valence-electron chi connectivity index (χ0n) is 9.70. The van der Waals surface area contributed by atoms with E-state index in [4.69, 9.17) is 22.1 Å². The van der Waals surface area contributed by atoms with Crippen LogP contribution in [0.15, 0.2) is 6.20 Å². The van der Waals surface area contributed by atoms with Crippen molar-refractivity contribution in [1.29, 1.82) is 0 Å². The monoisotopic (exact) mass is 244 g/mol. The van der Waals surface area contributed by atoms with Crippen LogP contribution in [0.2, 0.25) is 5.02 Å². The third-order valence-corrected chi connectivity index (χ3v) is 2.77. The SMILES string of the molecule is COc1ncc(Cl)c(NC(C)C(C)CN)n1. The molecule has 90 valence electrons. The van der Waals surface area contributed by atoms with Crippen molar-refractivity contribution in [2.45, 2.75) is 19.9 Å². The molecule has 0 radical (unpaired) electrons. The Morgan fingerprint density at radius 2 is 2.25 bits per heavy atom. The summed E-state index contributed by atoms with van der Waals surface area (Å²) in [6, 6.07) is 0.474. The lowest BCUT2D eigenvalue weighted by Gasteiger charge is -2.20. The molecule has 0 saturated carbocycles. The van der Waals surface area contributed by atoms with Gasteiger partial charge in [0.25, 0.3) is 0 Å². The van der Waals surface area contributed by atoms with Gasteiger partial charge in [0.05, 0.1) is 13.3 Å². The Kier molecular flexibility index (Phi) is 4.76. The average molecular weight is 245 g/mol. The molecule has 1 aromatic heterocycles. The van der Waals surface area contributed by atoms with Gasteiger partial charge in [-0.05, 0) is 19.4 Å². The quantitative estimate of drug-likeness (QED) is 0.822. The van der Waals surface area contributed by atoms with Gasteiger partial charge in [-0.25, -0.2) is 4.98 Å². The lowest BCUT2D eigenvalue weighted by Crippen LogP contribution is -2.29. The van der Waals surface area contributed by atoms with E-state index in [0.29, 0.717) is 29.3 Å². The van der Waals surface area contributed by atoms with E-state index in [-0.39, 0.29) is 6.04 Å². The molecule has 5 nitrogen and oxygen atoms in total. The Hall–Kier alpha value is -1.07. The zero-order valence-corrected chi connectivity index (χ0v) is 10.5. The van der Waals surface area contributed by atoms with Gasteiger partial charge < -0.3 is 15.8 Å². The number of methoxy groups -OCH3 is 1. The van der Waals surface area contributed by atoms with E-state index in [0.717, 1.165) is 0 Å². The highest BCUT2D eigenvalue weighted by Crippen LogP contribution is 2.21. The number of hydrogen-bond donors (Lipinski definition) is 2. The summed E-state index contributed by atoms with van der Waals surface area (Å²) in [6.07, 6.45) is 1.51. The molecule has 1 rings (SSSR count). The van der Waals surface area contributed by atoms with Crippen LogP contribution >= 0.6 is 11.6 Å². The molecule has 0 aliphatic carbocycles. The fourth-order valence-corrected chi connectivity index (χ4v) is 1.26. The summed E-state index contributed by atoms with van der Waals surface area (Å²) >= 11 is 5.97. The van der Waals surface area contributed by atoms with Crippen LogP contribution in [0.1, 0.15) is 13.8 Å². The number of nitrogens with two attached hydrogens (primary N) is 1. The summed E-state index contributed by atoms with van der Waals surface area (Å²) < 4.78 is 4.93. The minimum atomic E-state index is 0.183. The topological polar surface area (TPSA) is 73.1 Å². The maximum Gasteiger partial charge on any atom is 0.318 e. The van der Waals surface area contributed by atoms with E-state index in [1.54, 1.807) is 0 Å². The maximum absolute atomic E-state index is 5.97. The van der Waals surface area contributed by atoms with E-state index in [2.05, 4.69) is 22.2 Å². The van der Waals surface area contributed by atoms with Crippen LogP contribution in [0.4, 0.5) is 5.82 Å². The number of hydrogen-bond acceptors (Lipinski definition) is 5. The van der Waals surface area contributed by atoms with E-state index >= 15 is 0 Å². The van der Waals surface area contributed by atoms with Crippen LogP contribution in [0.25, 0.3) is 0 Å². The molecule has 2 unspecified atom stereocenters. The molecule has 6 heteroatoms. The first-order valence-corrected chi connectivity index (χ1v) is 5.49. The number of nitrogens with zero attached hydrogens (tertiary/aromatic N) is 2. The standard InChI is InChI=1S/C10H17ClN4O/c1-6(4-12)7(2)14-9-8(11)5-13-10(15-9)16-3/h5-7H,4,12H2,1-3H3,(H,13,14,15). The fourth-order valence-electron chi connectivity index (χ4n) is 1.11. The predicted octanol–water partition coefficient (Wildman–Crippen LogP) is 1.53. The van der Waals surface area contributed by atoms with E-state index in [1.165, 1.54) is 13.3 Å². The number of anilines is 1. The zero-order chi connectivity index (χ0) is 12.1. The summed E-state index contributed by atoms with van der Waals surface area (Å²) in [5.74, 6) is 0.901. The largest absolute Gasteiger partial charge is 0.467 e. The molecule has 3 N–H and O–H groups in total. The van der Waals surface area contributed by atoms with Gasteiger partial charge in [-0.2, -0.15) is 4.98 Å². The van der Waals surface area contributed by atoms with Crippen molar-refractivity contribution in [3.05, 3.63) is 11.2 Å². The first-order valence-electron chi connectivity index (χ1n) is 5.11. The third kappa shape index (κ3) is 3.21. The summed E-state index contributed by atoms with van der Waals surface area (Å²) in [7, 11) is 1.51. The Morgan fingerprint density at radius 1 is 1.56 bits per heavy atom. The summed E-state index contributed by atoms with van der Waals surface area (Å²) in [6.45, 7) is 4.69. The molecule has 2 atom stereocenters. The summed E-state index contributed by atoms with van der Waals surface area (Å²) in [4.78, 5) is 8.03. The first kappa shape index (κ1) is 13.0. The van der Waals surface area contributed by atoms with Gasteiger partial charge in [0.2, 0.25) is 0 Å². The number of rotatable bonds is 5. The van der Waals surface area contributed by atoms with Crippen molar-refractivity contribution in [3.8, 4) is 6.01 Å². The van der Waals surface area contributed by atoms with Crippen molar-refractivity contribution in [2.24, 2.45) is 11.7 Å². The average Bonchev–Trinajstić information content (AvgIpc) is 2.30. The molecule has 0 spiro atoms. The molecule has 0 saturated heterocycles. The molecular formula is C10H17ClN4O. The third-order valence-electron chi connectivity index (χ3n) is 2.49. The van der Waals surface area contributed by atoms with Crippen LogP contribution in [0, 0.1) is 5.92 Å². The molecule has 1 aromatic rings. The van der Waals surface area contributed by atoms with Gasteiger partial charge in [-0.1, -0.05) is 18.5 Å². The van der Waals surface area contributed by atoms with Crippen molar-refractivity contribution in [1.82, 2.24) is 9.97 Å². The number of halogens is 1. The number of nitrogens with one attached hydrogen (secondary N) is 1. The Bertz CT molecular complexity index is 348. The van der Waals surface area contributed by atoms with Crippen LogP contribution < -0.4 is 15.8 Å². The molecular weight excluding hydrogens is 228 g/mol. The van der Waals surface area contributed by atoms with Crippen LogP contribution in [0.5, 0.6) is 6.01 Å². The van der Waals surface area contributed by atoms with Crippen LogP contribution in [-0.2, 0) is 0 Å². The minimum absolute atomic E-state index is 0.183. The normalized spacial score (nSPS) is 14.3. The van der Waals surface area contributed by atoms with Crippen LogP contribution in [-0.4, -0.2) is 29.7 Å². The molecule has 0 aliphatic heterocycles. The highest BCUT2D eigenvalue weighted by molar-refractivity contribution is 6.32. The minimum Gasteiger partial charge on any atom is -0.467 e. The highest BCUT2D eigenvalue weighted by Gasteiger charge is 2.13. The highest BCUT2D eigenvalue weighted by atomic mass is 35.5. The first-order chi connectivity index (χ1) is 7.58. The van der Waals surface area contributed by atoms with E-state index < -0.39 is 0 Å². The van der Waals surface area contributed by atoms with Crippen LogP contribution in [0.3, 0.4) is 0 Å². The molecule has 0 bridgehead atoms. The summed E-state index contributed by atoms with van der Waals surface area (Å²) in [5.41, 5.74) is 5.59. The molecule has 1 heterocycles. The maximum atomic E-state index is 5.97. The second kappa shape index (κ2) is 5.86. The predicted molar refractivity (Wildman–Crippen MR) is 64.9 cm³/mol. The Labute approximate surface area is 100 Å². The second-order valence-corrected chi connectivity index (χ2v) is 4.11. The molecule has 16 heavy (non-hydrogen) atoms. The molecule has 0 aromatic carbocycles.